The lowest BCUT2D eigenvalue weighted by molar-refractivity contribution is 0.0285. The van der Waals surface area contributed by atoms with Crippen LogP contribution in [0.25, 0.3) is 16.5 Å². The van der Waals surface area contributed by atoms with Gasteiger partial charge in [0.05, 0.1) is 16.7 Å². The van der Waals surface area contributed by atoms with E-state index < -0.39 is 11.4 Å². The number of nitrogens with one attached hydrogen (secondary N) is 1. The predicted molar refractivity (Wildman–Crippen MR) is 160 cm³/mol. The second kappa shape index (κ2) is 11.3. The lowest BCUT2D eigenvalue weighted by Gasteiger charge is -2.19. The van der Waals surface area contributed by atoms with E-state index in [2.05, 4.69) is 15.3 Å². The van der Waals surface area contributed by atoms with Gasteiger partial charge in [0.25, 0.3) is 0 Å². The number of allylic oxidation sites excluding steroid dienone is 2. The zero-order valence-corrected chi connectivity index (χ0v) is 23.4. The van der Waals surface area contributed by atoms with Crippen LogP contribution in [-0.4, -0.2) is 33.1 Å². The third-order valence-corrected chi connectivity index (χ3v) is 6.87. The van der Waals surface area contributed by atoms with Crippen LogP contribution in [0.5, 0.6) is 17.2 Å². The number of fused-ring (bicyclic) bond motifs is 2. The largest absolute Gasteiger partial charge is 0.491 e. The molecular weight excluding hydrogens is 552 g/mol. The molecule has 0 saturated heterocycles. The molecule has 5 aromatic rings. The quantitative estimate of drug-likeness (QED) is 0.198. The first-order valence-corrected chi connectivity index (χ1v) is 13.6. The van der Waals surface area contributed by atoms with Gasteiger partial charge in [-0.2, -0.15) is 0 Å². The van der Waals surface area contributed by atoms with E-state index in [0.717, 1.165) is 5.56 Å². The highest BCUT2D eigenvalue weighted by atomic mass is 19.1. The second-order valence-corrected chi connectivity index (χ2v) is 10.8. The Kier molecular flexibility index (Phi) is 7.33. The average Bonchev–Trinajstić information content (AvgIpc) is 2.98. The summed E-state index contributed by atoms with van der Waals surface area (Å²) >= 11 is 0. The number of ketones is 1. The summed E-state index contributed by atoms with van der Waals surface area (Å²) in [6.07, 6.45) is 5.47. The van der Waals surface area contributed by atoms with Crippen molar-refractivity contribution in [2.45, 2.75) is 25.9 Å². The minimum atomic E-state index is -0.985. The van der Waals surface area contributed by atoms with Crippen molar-refractivity contribution in [2.75, 3.05) is 11.9 Å². The van der Waals surface area contributed by atoms with Crippen molar-refractivity contribution in [3.05, 3.63) is 120 Å². The summed E-state index contributed by atoms with van der Waals surface area (Å²) in [6, 6.07) is 18.8. The topological polar surface area (TPSA) is 93.6 Å². The SMILES string of the molecule is CC(C)(O)COc1ccc2c(Oc3ccc(Nc4nccc5c4C(=O)C(c4ccc(F)cc4)=CC5)cc3F)ccnc2c1. The lowest BCUT2D eigenvalue weighted by Crippen LogP contribution is -2.27. The second-order valence-electron chi connectivity index (χ2n) is 10.8. The molecule has 9 heteroatoms. The molecule has 3 aromatic carbocycles. The number of carbonyl (C=O) groups excluding carboxylic acids is 1. The molecule has 2 N–H and O–H groups in total. The summed E-state index contributed by atoms with van der Waals surface area (Å²) in [5.41, 5.74) is 2.22. The van der Waals surface area contributed by atoms with Crippen LogP contribution in [0, 0.1) is 11.6 Å². The van der Waals surface area contributed by atoms with Gasteiger partial charge in [-0.3, -0.25) is 9.78 Å². The number of aliphatic hydroxyl groups is 1. The van der Waals surface area contributed by atoms with Crippen LogP contribution < -0.4 is 14.8 Å². The maximum atomic E-state index is 15.3. The third kappa shape index (κ3) is 6.07. The van der Waals surface area contributed by atoms with Gasteiger partial charge in [0.15, 0.2) is 17.3 Å². The van der Waals surface area contributed by atoms with Crippen LogP contribution >= 0.6 is 0 Å². The average molecular weight is 580 g/mol. The van der Waals surface area contributed by atoms with E-state index in [1.165, 1.54) is 24.3 Å². The van der Waals surface area contributed by atoms with Crippen LogP contribution in [0.15, 0.2) is 91.3 Å². The number of anilines is 2. The number of Topliss-reactive ketones (excluding diaryl/α,β-unsaturated/α-hetero) is 1. The maximum absolute atomic E-state index is 15.3. The van der Waals surface area contributed by atoms with Crippen molar-refractivity contribution in [1.29, 1.82) is 0 Å². The third-order valence-electron chi connectivity index (χ3n) is 6.87. The number of pyridine rings is 2. The van der Waals surface area contributed by atoms with Crippen LogP contribution in [0.2, 0.25) is 0 Å². The molecule has 1 aliphatic rings. The Bertz CT molecular complexity index is 1880. The monoisotopic (exact) mass is 579 g/mol. The van der Waals surface area contributed by atoms with Gasteiger partial charge in [-0.15, -0.1) is 0 Å². The molecule has 2 aromatic heterocycles. The number of hydrogen-bond acceptors (Lipinski definition) is 7. The molecule has 1 aliphatic carbocycles. The highest BCUT2D eigenvalue weighted by Crippen LogP contribution is 2.35. The Morgan fingerprint density at radius 3 is 2.49 bits per heavy atom. The predicted octanol–water partition coefficient (Wildman–Crippen LogP) is 7.42. The fourth-order valence-corrected chi connectivity index (χ4v) is 4.79. The molecular formula is C34H27F2N3O4. The number of ether oxygens (including phenoxy) is 2. The Hall–Kier alpha value is -5.15. The zero-order valence-electron chi connectivity index (χ0n) is 23.4. The van der Waals surface area contributed by atoms with Crippen LogP contribution in [0.4, 0.5) is 20.3 Å². The summed E-state index contributed by atoms with van der Waals surface area (Å²) in [5.74, 6) is -0.0115. The summed E-state index contributed by atoms with van der Waals surface area (Å²) in [5, 5.41) is 13.7. The molecule has 7 nitrogen and oxygen atoms in total. The number of aromatic nitrogens is 2. The fourth-order valence-electron chi connectivity index (χ4n) is 4.79. The lowest BCUT2D eigenvalue weighted by atomic mass is 9.87. The molecule has 216 valence electrons. The Balaban J connectivity index is 1.22. The Morgan fingerprint density at radius 1 is 0.930 bits per heavy atom. The highest BCUT2D eigenvalue weighted by molar-refractivity contribution is 6.32. The van der Waals surface area contributed by atoms with Crippen LogP contribution in [0.3, 0.4) is 0 Å². The molecule has 2 heterocycles. The molecule has 0 fully saturated rings. The Labute approximate surface area is 246 Å². The van der Waals surface area contributed by atoms with E-state index in [1.54, 1.807) is 74.8 Å². The van der Waals surface area contributed by atoms with Crippen molar-refractivity contribution in [2.24, 2.45) is 0 Å². The molecule has 0 aliphatic heterocycles. The number of carbonyl (C=O) groups is 1. The van der Waals surface area contributed by atoms with Crippen molar-refractivity contribution in [3.63, 3.8) is 0 Å². The first kappa shape index (κ1) is 28.0. The van der Waals surface area contributed by atoms with Gasteiger partial charge < -0.3 is 19.9 Å². The summed E-state index contributed by atoms with van der Waals surface area (Å²) in [6.45, 7) is 3.42. The highest BCUT2D eigenvalue weighted by Gasteiger charge is 2.26. The summed E-state index contributed by atoms with van der Waals surface area (Å²) in [4.78, 5) is 22.2. The molecule has 0 amide bonds. The molecule has 0 atom stereocenters. The van der Waals surface area contributed by atoms with Gasteiger partial charge in [0, 0.05) is 41.2 Å². The van der Waals surface area contributed by atoms with Crippen LogP contribution in [0.1, 0.15) is 35.3 Å². The Morgan fingerprint density at radius 2 is 1.72 bits per heavy atom. The van der Waals surface area contributed by atoms with Gasteiger partial charge in [0.2, 0.25) is 0 Å². The van der Waals surface area contributed by atoms with Gasteiger partial charge in [0.1, 0.15) is 29.7 Å². The number of benzene rings is 3. The van der Waals surface area contributed by atoms with Crippen molar-refractivity contribution in [3.8, 4) is 17.2 Å². The van der Waals surface area contributed by atoms with E-state index in [0.29, 0.717) is 57.0 Å². The van der Waals surface area contributed by atoms with E-state index >= 15 is 4.39 Å². The van der Waals surface area contributed by atoms with E-state index in [1.807, 2.05) is 6.08 Å². The zero-order chi connectivity index (χ0) is 30.1. The van der Waals surface area contributed by atoms with E-state index in [4.69, 9.17) is 9.47 Å². The van der Waals surface area contributed by atoms with Crippen LogP contribution in [-0.2, 0) is 6.42 Å². The van der Waals surface area contributed by atoms with Gasteiger partial charge in [-0.05, 0) is 79.9 Å². The molecule has 6 rings (SSSR count). The fraction of sp³-hybridized carbons (Fsp3) is 0.147. The number of halogens is 2. The smallest absolute Gasteiger partial charge is 0.197 e. The number of nitrogens with zero attached hydrogens (tertiary/aromatic N) is 2. The summed E-state index contributed by atoms with van der Waals surface area (Å²) < 4.78 is 40.3. The minimum Gasteiger partial charge on any atom is -0.491 e. The number of rotatable bonds is 8. The molecule has 0 bridgehead atoms. The van der Waals surface area contributed by atoms with Gasteiger partial charge in [-0.25, -0.2) is 13.8 Å². The molecule has 0 radical (unpaired) electrons. The molecule has 0 spiro atoms. The molecule has 43 heavy (non-hydrogen) atoms. The first-order valence-electron chi connectivity index (χ1n) is 13.6. The molecule has 0 saturated carbocycles. The maximum Gasteiger partial charge on any atom is 0.197 e. The van der Waals surface area contributed by atoms with Crippen molar-refractivity contribution < 1.29 is 28.2 Å². The minimum absolute atomic E-state index is 0.000983. The normalized spacial score (nSPS) is 13.0. The van der Waals surface area contributed by atoms with Gasteiger partial charge >= 0.3 is 0 Å². The van der Waals surface area contributed by atoms with Crippen molar-refractivity contribution >= 4 is 33.8 Å². The summed E-state index contributed by atoms with van der Waals surface area (Å²) in [7, 11) is 0. The standard InChI is InChI=1S/C34H27F2N3O4/c1-34(2,41)19-42-24-9-11-26-28(18-24)37-16-14-29(26)43-30-12-8-23(17-27(30)36)39-33-31-21(13-15-38-33)5-10-25(32(31)40)20-3-6-22(35)7-4-20/h3-4,6-18,41H,5,19H2,1-2H3,(H,38,39). The van der Waals surface area contributed by atoms with Gasteiger partial charge in [-0.1, -0.05) is 18.2 Å². The molecule has 0 unspecified atom stereocenters. The van der Waals surface area contributed by atoms with E-state index in [-0.39, 0.29) is 24.0 Å². The number of hydrogen-bond donors (Lipinski definition) is 2. The van der Waals surface area contributed by atoms with Crippen molar-refractivity contribution in [1.82, 2.24) is 9.97 Å². The van der Waals surface area contributed by atoms with E-state index in [9.17, 15) is 14.3 Å². The first-order chi connectivity index (χ1) is 20.6.